The molecule has 0 unspecified atom stereocenters. The molecule has 0 bridgehead atoms. The quantitative estimate of drug-likeness (QED) is 0.697. The number of carbonyl (C=O) groups is 1. The second kappa shape index (κ2) is 7.90. The Bertz CT molecular complexity index is 877. The van der Waals surface area contributed by atoms with Gasteiger partial charge in [-0.05, 0) is 29.7 Å². The lowest BCUT2D eigenvalue weighted by Crippen LogP contribution is -2.34. The van der Waals surface area contributed by atoms with Gasteiger partial charge in [0.2, 0.25) is 0 Å². The van der Waals surface area contributed by atoms with Crippen LogP contribution in [0.1, 0.15) is 0 Å². The van der Waals surface area contributed by atoms with Gasteiger partial charge in [-0.3, -0.25) is 0 Å². The normalized spacial score (nSPS) is 10.5. The van der Waals surface area contributed by atoms with Crippen molar-refractivity contribution in [2.45, 2.75) is 0 Å². The molecule has 3 aromatic rings. The average Bonchev–Trinajstić information content (AvgIpc) is 2.62. The lowest BCUT2D eigenvalue weighted by molar-refractivity contribution is 0.207. The highest BCUT2D eigenvalue weighted by molar-refractivity contribution is 6.30. The number of hydrogen-bond acceptors (Lipinski definition) is 2. The standard InChI is InChI=1S/C20H19ClN2O2/c1-23(12-13-25-17-9-5-8-16(21)14-17)20(24)22-19-11-4-7-15-6-2-3-10-18(15)19/h2-11,14H,12-13H2,1H3,(H,22,24). The van der Waals surface area contributed by atoms with Crippen LogP contribution in [0.2, 0.25) is 5.02 Å². The van der Waals surface area contributed by atoms with Crippen molar-refractivity contribution in [2.75, 3.05) is 25.5 Å². The monoisotopic (exact) mass is 354 g/mol. The molecule has 0 spiro atoms. The van der Waals surface area contributed by atoms with Crippen molar-refractivity contribution in [3.8, 4) is 5.75 Å². The van der Waals surface area contributed by atoms with Crippen molar-refractivity contribution >= 4 is 34.1 Å². The number of likely N-dealkylation sites (N-methyl/N-ethyl adjacent to an activating group) is 1. The van der Waals surface area contributed by atoms with E-state index < -0.39 is 0 Å². The van der Waals surface area contributed by atoms with Gasteiger partial charge in [0.1, 0.15) is 12.4 Å². The number of nitrogens with zero attached hydrogens (tertiary/aromatic N) is 1. The Labute approximate surface area is 152 Å². The van der Waals surface area contributed by atoms with Crippen LogP contribution in [-0.2, 0) is 0 Å². The van der Waals surface area contributed by atoms with Crippen LogP contribution in [0.3, 0.4) is 0 Å². The van der Waals surface area contributed by atoms with Crippen molar-refractivity contribution in [3.63, 3.8) is 0 Å². The zero-order valence-corrected chi connectivity index (χ0v) is 14.7. The fourth-order valence-electron chi connectivity index (χ4n) is 2.50. The highest BCUT2D eigenvalue weighted by atomic mass is 35.5. The van der Waals surface area contributed by atoms with Crippen molar-refractivity contribution in [3.05, 3.63) is 71.8 Å². The number of rotatable bonds is 5. The summed E-state index contributed by atoms with van der Waals surface area (Å²) in [6.07, 6.45) is 0. The van der Waals surface area contributed by atoms with E-state index in [-0.39, 0.29) is 6.03 Å². The van der Waals surface area contributed by atoms with E-state index in [1.807, 2.05) is 54.6 Å². The zero-order valence-electron chi connectivity index (χ0n) is 13.9. The lowest BCUT2D eigenvalue weighted by Gasteiger charge is -2.19. The number of urea groups is 1. The van der Waals surface area contributed by atoms with Gasteiger partial charge in [-0.15, -0.1) is 0 Å². The van der Waals surface area contributed by atoms with Crippen LogP contribution < -0.4 is 10.1 Å². The first-order valence-corrected chi connectivity index (χ1v) is 8.39. The zero-order chi connectivity index (χ0) is 17.6. The molecule has 0 atom stereocenters. The molecule has 2 amide bonds. The molecule has 0 fully saturated rings. The van der Waals surface area contributed by atoms with Crippen molar-refractivity contribution < 1.29 is 9.53 Å². The smallest absolute Gasteiger partial charge is 0.321 e. The van der Waals surface area contributed by atoms with E-state index in [0.29, 0.717) is 23.9 Å². The summed E-state index contributed by atoms with van der Waals surface area (Å²) < 4.78 is 5.62. The summed E-state index contributed by atoms with van der Waals surface area (Å²) in [7, 11) is 1.74. The van der Waals surface area contributed by atoms with Gasteiger partial charge in [-0.2, -0.15) is 0 Å². The maximum atomic E-state index is 12.4. The number of ether oxygens (including phenoxy) is 1. The van der Waals surface area contributed by atoms with Crippen LogP contribution >= 0.6 is 11.6 Å². The number of halogens is 1. The Kier molecular flexibility index (Phi) is 5.41. The first kappa shape index (κ1) is 17.1. The molecule has 5 heteroatoms. The van der Waals surface area contributed by atoms with E-state index >= 15 is 0 Å². The van der Waals surface area contributed by atoms with Crippen molar-refractivity contribution in [1.82, 2.24) is 4.90 Å². The third-order valence-electron chi connectivity index (χ3n) is 3.87. The molecule has 0 aromatic heterocycles. The third kappa shape index (κ3) is 4.43. The number of fused-ring (bicyclic) bond motifs is 1. The highest BCUT2D eigenvalue weighted by Crippen LogP contribution is 2.23. The summed E-state index contributed by atoms with van der Waals surface area (Å²) in [4.78, 5) is 14.0. The molecular formula is C20H19ClN2O2. The van der Waals surface area contributed by atoms with Gasteiger partial charge in [0.25, 0.3) is 0 Å². The molecule has 3 aromatic carbocycles. The lowest BCUT2D eigenvalue weighted by atomic mass is 10.1. The maximum Gasteiger partial charge on any atom is 0.321 e. The first-order valence-electron chi connectivity index (χ1n) is 8.02. The topological polar surface area (TPSA) is 41.6 Å². The van der Waals surface area contributed by atoms with Crippen molar-refractivity contribution in [1.29, 1.82) is 0 Å². The molecule has 1 N–H and O–H groups in total. The molecule has 0 aliphatic rings. The largest absolute Gasteiger partial charge is 0.492 e. The number of benzene rings is 3. The van der Waals surface area contributed by atoms with Crippen LogP contribution in [0.15, 0.2) is 66.7 Å². The van der Waals surface area contributed by atoms with Crippen LogP contribution in [0.25, 0.3) is 10.8 Å². The second-order valence-electron chi connectivity index (χ2n) is 5.68. The molecule has 3 rings (SSSR count). The van der Waals surface area contributed by atoms with E-state index in [1.54, 1.807) is 24.1 Å². The molecular weight excluding hydrogens is 336 g/mol. The maximum absolute atomic E-state index is 12.4. The van der Waals surface area contributed by atoms with E-state index in [1.165, 1.54) is 0 Å². The van der Waals surface area contributed by atoms with Crippen molar-refractivity contribution in [2.24, 2.45) is 0 Å². The Balaban J connectivity index is 1.57. The molecule has 0 aliphatic carbocycles. The Morgan fingerprint density at radius 1 is 1.08 bits per heavy atom. The van der Waals surface area contributed by atoms with Gasteiger partial charge in [0.05, 0.1) is 12.2 Å². The summed E-state index contributed by atoms with van der Waals surface area (Å²) in [5.41, 5.74) is 0.797. The molecule has 0 saturated heterocycles. The predicted octanol–water partition coefficient (Wildman–Crippen LogP) is 5.04. The highest BCUT2D eigenvalue weighted by Gasteiger charge is 2.10. The van der Waals surface area contributed by atoms with E-state index in [2.05, 4.69) is 5.32 Å². The minimum absolute atomic E-state index is 0.175. The molecule has 25 heavy (non-hydrogen) atoms. The molecule has 0 aliphatic heterocycles. The Morgan fingerprint density at radius 3 is 2.68 bits per heavy atom. The summed E-state index contributed by atoms with van der Waals surface area (Å²) in [6.45, 7) is 0.850. The Hall–Kier alpha value is -2.72. The first-order chi connectivity index (χ1) is 12.1. The van der Waals surface area contributed by atoms with Crippen LogP contribution in [-0.4, -0.2) is 31.1 Å². The molecule has 0 saturated carbocycles. The Morgan fingerprint density at radius 2 is 1.84 bits per heavy atom. The van der Waals surface area contributed by atoms with E-state index in [0.717, 1.165) is 16.5 Å². The summed E-state index contributed by atoms with van der Waals surface area (Å²) in [5.74, 6) is 0.690. The van der Waals surface area contributed by atoms with Gasteiger partial charge in [0, 0.05) is 17.5 Å². The third-order valence-corrected chi connectivity index (χ3v) is 4.10. The number of anilines is 1. The number of amides is 2. The minimum Gasteiger partial charge on any atom is -0.492 e. The van der Waals surface area contributed by atoms with Gasteiger partial charge in [0.15, 0.2) is 0 Å². The van der Waals surface area contributed by atoms with E-state index in [4.69, 9.17) is 16.3 Å². The SMILES string of the molecule is CN(CCOc1cccc(Cl)c1)C(=O)Nc1cccc2ccccc12. The van der Waals surface area contributed by atoms with Gasteiger partial charge >= 0.3 is 6.03 Å². The fraction of sp³-hybridized carbons (Fsp3) is 0.150. The van der Waals surface area contributed by atoms with Crippen LogP contribution in [0.5, 0.6) is 5.75 Å². The van der Waals surface area contributed by atoms with Gasteiger partial charge in [-0.1, -0.05) is 54.1 Å². The minimum atomic E-state index is -0.175. The van der Waals surface area contributed by atoms with E-state index in [9.17, 15) is 4.79 Å². The molecule has 4 nitrogen and oxygen atoms in total. The summed E-state index contributed by atoms with van der Waals surface area (Å²) in [6, 6.07) is 20.8. The molecule has 128 valence electrons. The predicted molar refractivity (Wildman–Crippen MR) is 103 cm³/mol. The number of carbonyl (C=O) groups excluding carboxylic acids is 1. The molecule has 0 radical (unpaired) electrons. The van der Waals surface area contributed by atoms with Crippen LogP contribution in [0.4, 0.5) is 10.5 Å². The summed E-state index contributed by atoms with van der Waals surface area (Å²) in [5, 5.41) is 5.68. The second-order valence-corrected chi connectivity index (χ2v) is 6.12. The average molecular weight is 355 g/mol. The van der Waals surface area contributed by atoms with Gasteiger partial charge in [-0.25, -0.2) is 4.79 Å². The summed E-state index contributed by atoms with van der Waals surface area (Å²) >= 11 is 5.92. The molecule has 0 heterocycles. The van der Waals surface area contributed by atoms with Gasteiger partial charge < -0.3 is 15.0 Å². The number of hydrogen-bond donors (Lipinski definition) is 1. The fourth-order valence-corrected chi connectivity index (χ4v) is 2.68. The van der Waals surface area contributed by atoms with Crippen LogP contribution in [0, 0.1) is 0 Å². The number of nitrogens with one attached hydrogen (secondary N) is 1.